The summed E-state index contributed by atoms with van der Waals surface area (Å²) < 4.78 is 0. The van der Waals surface area contributed by atoms with E-state index >= 15 is 0 Å². The van der Waals surface area contributed by atoms with E-state index < -0.39 is 0 Å². The molecule has 1 aliphatic heterocycles. The molecule has 0 aromatic heterocycles. The van der Waals surface area contributed by atoms with Gasteiger partial charge in [-0.2, -0.15) is 0 Å². The van der Waals surface area contributed by atoms with E-state index in [1.165, 1.54) is 43.5 Å². The average Bonchev–Trinajstić information content (AvgIpc) is 2.71. The molecule has 0 amide bonds. The lowest BCUT2D eigenvalue weighted by Crippen LogP contribution is -2.46. The van der Waals surface area contributed by atoms with Crippen LogP contribution in [-0.4, -0.2) is 35.7 Å². The number of nitrogens with zero attached hydrogens (tertiary/aromatic N) is 1. The molecule has 146 valence electrons. The predicted octanol–water partition coefficient (Wildman–Crippen LogP) is 4.78. The molecule has 2 atom stereocenters. The van der Waals surface area contributed by atoms with Crippen molar-refractivity contribution in [1.82, 2.24) is 10.2 Å². The van der Waals surface area contributed by atoms with Crippen LogP contribution in [-0.2, 0) is 6.42 Å². The van der Waals surface area contributed by atoms with Gasteiger partial charge in [0, 0.05) is 12.1 Å². The van der Waals surface area contributed by atoms with Gasteiger partial charge in [-0.05, 0) is 81.4 Å². The average molecular weight is 367 g/mol. The van der Waals surface area contributed by atoms with Crippen molar-refractivity contribution < 1.29 is 5.11 Å². The number of hydrogen-bond donors (Lipinski definition) is 2. The highest BCUT2D eigenvalue weighted by molar-refractivity contribution is 5.29. The molecular weight excluding hydrogens is 332 g/mol. The van der Waals surface area contributed by atoms with E-state index in [0.29, 0.717) is 17.8 Å². The summed E-state index contributed by atoms with van der Waals surface area (Å²) in [7, 11) is 0. The zero-order chi connectivity index (χ0) is 19.1. The molecule has 0 spiro atoms. The second-order valence-electron chi connectivity index (χ2n) is 7.93. The van der Waals surface area contributed by atoms with Crippen LogP contribution in [0.1, 0.15) is 50.3 Å². The van der Waals surface area contributed by atoms with Crippen LogP contribution >= 0.6 is 0 Å². The molecule has 3 nitrogen and oxygen atoms in total. The fraction of sp³-hybridized carbons (Fsp3) is 0.500. The number of benzene rings is 2. The Morgan fingerprint density at radius 2 is 1.70 bits per heavy atom. The van der Waals surface area contributed by atoms with Crippen LogP contribution in [0, 0.1) is 5.92 Å². The molecule has 3 rings (SSSR count). The molecule has 2 aromatic carbocycles. The quantitative estimate of drug-likeness (QED) is 0.706. The lowest BCUT2D eigenvalue weighted by atomic mass is 9.88. The van der Waals surface area contributed by atoms with Gasteiger partial charge in [0.2, 0.25) is 0 Å². The van der Waals surface area contributed by atoms with Gasteiger partial charge in [0.1, 0.15) is 5.75 Å². The Bertz CT molecular complexity index is 663. The first-order valence-electron chi connectivity index (χ1n) is 10.5. The molecule has 27 heavy (non-hydrogen) atoms. The molecule has 1 fully saturated rings. The highest BCUT2D eigenvalue weighted by Crippen LogP contribution is 2.28. The van der Waals surface area contributed by atoms with Gasteiger partial charge in [-0.1, -0.05) is 49.4 Å². The molecule has 1 heterocycles. The first-order valence-corrected chi connectivity index (χ1v) is 10.5. The predicted molar refractivity (Wildman–Crippen MR) is 113 cm³/mol. The van der Waals surface area contributed by atoms with E-state index in [4.69, 9.17) is 0 Å². The summed E-state index contributed by atoms with van der Waals surface area (Å²) in [5, 5.41) is 13.4. The van der Waals surface area contributed by atoms with Gasteiger partial charge >= 0.3 is 0 Å². The van der Waals surface area contributed by atoms with Crippen molar-refractivity contribution in [2.45, 2.75) is 51.6 Å². The Morgan fingerprint density at radius 3 is 2.33 bits per heavy atom. The first-order chi connectivity index (χ1) is 13.2. The number of phenols is 1. The van der Waals surface area contributed by atoms with E-state index in [2.05, 4.69) is 66.5 Å². The maximum absolute atomic E-state index is 9.62. The monoisotopic (exact) mass is 366 g/mol. The number of nitrogens with one attached hydrogen (secondary N) is 1. The van der Waals surface area contributed by atoms with Crippen LogP contribution in [0.4, 0.5) is 0 Å². The number of hydrogen-bond acceptors (Lipinski definition) is 3. The fourth-order valence-corrected chi connectivity index (χ4v) is 4.27. The lowest BCUT2D eigenvalue weighted by Gasteiger charge is -2.40. The largest absolute Gasteiger partial charge is 0.508 e. The molecule has 0 radical (unpaired) electrons. The van der Waals surface area contributed by atoms with Gasteiger partial charge in [-0.25, -0.2) is 0 Å². The Morgan fingerprint density at radius 1 is 1.04 bits per heavy atom. The second-order valence-corrected chi connectivity index (χ2v) is 7.93. The van der Waals surface area contributed by atoms with Crippen molar-refractivity contribution >= 4 is 0 Å². The minimum Gasteiger partial charge on any atom is -0.508 e. The number of rotatable bonds is 8. The van der Waals surface area contributed by atoms with Gasteiger partial charge in [-0.3, -0.25) is 4.90 Å². The molecular formula is C24H34N2O. The minimum absolute atomic E-state index is 0.302. The molecule has 0 unspecified atom stereocenters. The summed E-state index contributed by atoms with van der Waals surface area (Å²) in [5.74, 6) is 1.13. The van der Waals surface area contributed by atoms with Crippen molar-refractivity contribution in [3.63, 3.8) is 0 Å². The van der Waals surface area contributed by atoms with Crippen LogP contribution in [0.15, 0.2) is 54.6 Å². The fourth-order valence-electron chi connectivity index (χ4n) is 4.27. The van der Waals surface area contributed by atoms with Crippen LogP contribution in [0.3, 0.4) is 0 Å². The highest BCUT2D eigenvalue weighted by Gasteiger charge is 2.28. The molecule has 0 aliphatic carbocycles. The molecule has 0 bridgehead atoms. The number of aromatic hydroxyl groups is 1. The maximum Gasteiger partial charge on any atom is 0.115 e. The summed E-state index contributed by atoms with van der Waals surface area (Å²) in [6.45, 7) is 7.90. The van der Waals surface area contributed by atoms with Crippen molar-refractivity contribution in [2.24, 2.45) is 5.92 Å². The smallest absolute Gasteiger partial charge is 0.115 e. The van der Waals surface area contributed by atoms with Crippen LogP contribution in [0.5, 0.6) is 5.75 Å². The van der Waals surface area contributed by atoms with E-state index in [0.717, 1.165) is 18.9 Å². The van der Waals surface area contributed by atoms with Crippen LogP contribution in [0.2, 0.25) is 0 Å². The number of likely N-dealkylation sites (tertiary alicyclic amines) is 1. The lowest BCUT2D eigenvalue weighted by molar-refractivity contribution is 0.115. The van der Waals surface area contributed by atoms with E-state index in [-0.39, 0.29) is 0 Å². The Hall–Kier alpha value is -1.84. The Kier molecular flexibility index (Phi) is 7.31. The molecule has 1 saturated heterocycles. The third-order valence-corrected chi connectivity index (χ3v) is 5.94. The van der Waals surface area contributed by atoms with Crippen molar-refractivity contribution in [3.8, 4) is 5.75 Å². The van der Waals surface area contributed by atoms with Crippen molar-refractivity contribution in [1.29, 1.82) is 0 Å². The second kappa shape index (κ2) is 9.91. The molecule has 2 aromatic rings. The highest BCUT2D eigenvalue weighted by atomic mass is 16.3. The number of phenolic OH excluding ortho intramolecular Hbond substituents is 1. The summed E-state index contributed by atoms with van der Waals surface area (Å²) in [5.41, 5.74) is 2.73. The topological polar surface area (TPSA) is 35.5 Å². The van der Waals surface area contributed by atoms with Gasteiger partial charge in [0.25, 0.3) is 0 Å². The van der Waals surface area contributed by atoms with Gasteiger partial charge in [0.05, 0.1) is 0 Å². The molecule has 2 N–H and O–H groups in total. The van der Waals surface area contributed by atoms with Gasteiger partial charge < -0.3 is 10.4 Å². The third-order valence-electron chi connectivity index (χ3n) is 5.94. The van der Waals surface area contributed by atoms with Crippen molar-refractivity contribution in [2.75, 3.05) is 19.6 Å². The summed E-state index contributed by atoms with van der Waals surface area (Å²) in [4.78, 5) is 2.64. The standard InChI is InChI=1S/C24H34N2O/c1-3-15-25-24(22-9-11-23(27)12-10-22)19(2)26-16-13-21(14-17-26)18-20-7-5-4-6-8-20/h4-12,19,21,24-25,27H,3,13-18H2,1-2H3/t19-,24+/m1/s1. The van der Waals surface area contributed by atoms with E-state index in [9.17, 15) is 5.11 Å². The molecule has 0 saturated carbocycles. The summed E-state index contributed by atoms with van der Waals surface area (Å²) in [6.07, 6.45) is 4.88. The molecule has 3 heteroatoms. The summed E-state index contributed by atoms with van der Waals surface area (Å²) in [6, 6.07) is 19.4. The van der Waals surface area contributed by atoms with E-state index in [1.807, 2.05) is 0 Å². The van der Waals surface area contributed by atoms with E-state index in [1.54, 1.807) is 12.1 Å². The zero-order valence-corrected chi connectivity index (χ0v) is 16.8. The van der Waals surface area contributed by atoms with Crippen molar-refractivity contribution in [3.05, 3.63) is 65.7 Å². The third kappa shape index (κ3) is 5.57. The van der Waals surface area contributed by atoms with Gasteiger partial charge in [0.15, 0.2) is 0 Å². The molecule has 1 aliphatic rings. The van der Waals surface area contributed by atoms with Crippen LogP contribution in [0.25, 0.3) is 0 Å². The first kappa shape index (κ1) is 19.9. The minimum atomic E-state index is 0.302. The van der Waals surface area contributed by atoms with Gasteiger partial charge in [-0.15, -0.1) is 0 Å². The number of piperidine rings is 1. The van der Waals surface area contributed by atoms with Crippen LogP contribution < -0.4 is 5.32 Å². The maximum atomic E-state index is 9.62. The Labute approximate surface area is 164 Å². The Balaban J connectivity index is 1.59. The normalized spacial score (nSPS) is 18.3. The zero-order valence-electron chi connectivity index (χ0n) is 16.8. The summed E-state index contributed by atoms with van der Waals surface area (Å²) >= 11 is 0. The SMILES string of the molecule is CCCN[C@H](c1ccc(O)cc1)[C@@H](C)N1CCC(Cc2ccccc2)CC1.